The second kappa shape index (κ2) is 7.13. The highest BCUT2D eigenvalue weighted by Crippen LogP contribution is 2.30. The molecule has 4 rings (SSSR count). The summed E-state index contributed by atoms with van der Waals surface area (Å²) in [5.41, 5.74) is 4.37. The Balaban J connectivity index is 1.70. The van der Waals surface area contributed by atoms with Crippen LogP contribution >= 0.6 is 22.9 Å². The third-order valence-corrected chi connectivity index (χ3v) is 5.66. The van der Waals surface area contributed by atoms with E-state index < -0.39 is 0 Å². The molecule has 5 nitrogen and oxygen atoms in total. The number of benzene rings is 2. The lowest BCUT2D eigenvalue weighted by molar-refractivity contribution is -0.132. The molecule has 0 saturated carbocycles. The van der Waals surface area contributed by atoms with Crippen molar-refractivity contribution < 1.29 is 4.79 Å². The third kappa shape index (κ3) is 3.59. The number of amidine groups is 1. The van der Waals surface area contributed by atoms with Gasteiger partial charge in [0.2, 0.25) is 5.91 Å². The molecule has 1 aromatic heterocycles. The third-order valence-electron chi connectivity index (χ3n) is 4.42. The minimum atomic E-state index is -0.197. The summed E-state index contributed by atoms with van der Waals surface area (Å²) in [6.07, 6.45) is 0.498. The van der Waals surface area contributed by atoms with Gasteiger partial charge in [-0.2, -0.15) is 0 Å². The molecule has 7 heteroatoms. The van der Waals surface area contributed by atoms with Crippen LogP contribution in [0.1, 0.15) is 24.9 Å². The van der Waals surface area contributed by atoms with Crippen molar-refractivity contribution in [1.29, 1.82) is 0 Å². The van der Waals surface area contributed by atoms with Gasteiger partial charge in [0.15, 0.2) is 0 Å². The molecule has 2 aromatic carbocycles. The largest absolute Gasteiger partial charge is 0.282 e. The highest BCUT2D eigenvalue weighted by Gasteiger charge is 2.32. The van der Waals surface area contributed by atoms with E-state index in [0.717, 1.165) is 15.6 Å². The monoisotopic (exact) mass is 397 g/mol. The Morgan fingerprint density at radius 1 is 1.22 bits per heavy atom. The highest BCUT2D eigenvalue weighted by atomic mass is 35.5. The van der Waals surface area contributed by atoms with Crippen molar-refractivity contribution in [2.24, 2.45) is 4.99 Å². The molecule has 0 spiro atoms. The Hall–Kier alpha value is -2.70. The van der Waals surface area contributed by atoms with E-state index >= 15 is 0 Å². The van der Waals surface area contributed by atoms with Gasteiger partial charge in [0.05, 0.1) is 6.04 Å². The normalized spacial score (nSPS) is 18.1. The summed E-state index contributed by atoms with van der Waals surface area (Å²) in [6.45, 7) is 1.50. The van der Waals surface area contributed by atoms with Crippen molar-refractivity contribution in [3.8, 4) is 0 Å². The van der Waals surface area contributed by atoms with Crippen molar-refractivity contribution >= 4 is 50.5 Å². The fourth-order valence-corrected chi connectivity index (χ4v) is 4.06. The summed E-state index contributed by atoms with van der Waals surface area (Å²) in [5.74, 6) is 0.466. The first kappa shape index (κ1) is 17.7. The zero-order chi connectivity index (χ0) is 19.0. The first-order valence-electron chi connectivity index (χ1n) is 8.43. The number of amides is 1. The lowest BCUT2D eigenvalue weighted by atomic mass is 10.0. The van der Waals surface area contributed by atoms with Crippen LogP contribution in [0.2, 0.25) is 5.02 Å². The van der Waals surface area contributed by atoms with E-state index in [1.54, 1.807) is 18.2 Å². The van der Waals surface area contributed by atoms with Gasteiger partial charge in [-0.05, 0) is 35.2 Å². The molecule has 1 aliphatic heterocycles. The summed E-state index contributed by atoms with van der Waals surface area (Å²) < 4.78 is 0.822. The van der Waals surface area contributed by atoms with E-state index in [-0.39, 0.29) is 16.7 Å². The fourth-order valence-electron chi connectivity index (χ4n) is 3.13. The molecule has 1 saturated heterocycles. The van der Waals surface area contributed by atoms with Crippen molar-refractivity contribution in [2.45, 2.75) is 19.4 Å². The minimum Gasteiger partial charge on any atom is -0.282 e. The van der Waals surface area contributed by atoms with Crippen LogP contribution in [0.4, 0.5) is 5.69 Å². The summed E-state index contributed by atoms with van der Waals surface area (Å²) in [6, 6.07) is 16.7. The maximum Gasteiger partial charge on any atom is 0.258 e. The second-order valence-electron chi connectivity index (χ2n) is 6.29. The number of carbonyl (C=O) groups is 1. The number of carbonyl (C=O) groups excluding carboxylic acids is 1. The van der Waals surface area contributed by atoms with Crippen molar-refractivity contribution in [3.63, 3.8) is 0 Å². The summed E-state index contributed by atoms with van der Waals surface area (Å²) in [4.78, 5) is 29.0. The summed E-state index contributed by atoms with van der Waals surface area (Å²) >= 11 is 7.14. The van der Waals surface area contributed by atoms with E-state index in [1.807, 2.05) is 36.4 Å². The number of rotatable bonds is 2. The number of hydrazine groups is 1. The molecular formula is C20H16ClN3O2S. The Kier molecular flexibility index (Phi) is 4.68. The number of halogens is 1. The molecule has 2 heterocycles. The average Bonchev–Trinajstić information content (AvgIpc) is 3.07. The smallest absolute Gasteiger partial charge is 0.258 e. The Labute approximate surface area is 164 Å². The maximum absolute atomic E-state index is 12.4. The van der Waals surface area contributed by atoms with Crippen LogP contribution in [0.3, 0.4) is 0 Å². The van der Waals surface area contributed by atoms with E-state index in [1.165, 1.54) is 23.3 Å². The van der Waals surface area contributed by atoms with Crippen molar-refractivity contribution in [2.75, 3.05) is 0 Å². The molecule has 0 bridgehead atoms. The van der Waals surface area contributed by atoms with Crippen LogP contribution in [0, 0.1) is 0 Å². The fraction of sp³-hybridized carbons (Fsp3) is 0.150. The molecule has 1 N–H and O–H groups in total. The zero-order valence-electron chi connectivity index (χ0n) is 14.5. The second-order valence-corrected chi connectivity index (χ2v) is 7.74. The number of nitrogens with zero attached hydrogens (tertiary/aromatic N) is 2. The number of hydrogen-bond donors (Lipinski definition) is 1. The van der Waals surface area contributed by atoms with Crippen LogP contribution < -0.4 is 10.2 Å². The number of fused-ring (bicyclic) bond motifs is 1. The van der Waals surface area contributed by atoms with Crippen LogP contribution in [0.15, 0.2) is 64.4 Å². The summed E-state index contributed by atoms with van der Waals surface area (Å²) in [5, 5.41) is 3.15. The zero-order valence-corrected chi connectivity index (χ0v) is 16.1. The molecule has 1 unspecified atom stereocenters. The SMILES string of the molecule is CC(=O)N1NC(=Nc2cc3ccccc3sc2=O)CC1c1ccc(Cl)cc1. The minimum absolute atomic E-state index is 0.104. The average molecular weight is 398 g/mol. The van der Waals surface area contributed by atoms with E-state index in [4.69, 9.17) is 11.6 Å². The molecule has 136 valence electrons. The van der Waals surface area contributed by atoms with Crippen molar-refractivity contribution in [3.05, 3.63) is 74.7 Å². The van der Waals surface area contributed by atoms with Gasteiger partial charge in [0.25, 0.3) is 4.74 Å². The molecule has 3 aromatic rings. The predicted molar refractivity (Wildman–Crippen MR) is 110 cm³/mol. The van der Waals surface area contributed by atoms with Gasteiger partial charge in [-0.25, -0.2) is 10.0 Å². The van der Waals surface area contributed by atoms with Gasteiger partial charge in [0.1, 0.15) is 11.5 Å². The highest BCUT2D eigenvalue weighted by molar-refractivity contribution is 7.16. The van der Waals surface area contributed by atoms with E-state index in [2.05, 4.69) is 10.4 Å². The lowest BCUT2D eigenvalue weighted by Crippen LogP contribution is -2.38. The molecule has 0 aliphatic carbocycles. The Morgan fingerprint density at radius 2 is 1.96 bits per heavy atom. The van der Waals surface area contributed by atoms with Gasteiger partial charge in [0, 0.05) is 23.1 Å². The topological polar surface area (TPSA) is 61.8 Å². The van der Waals surface area contributed by atoms with Crippen LogP contribution in [-0.4, -0.2) is 16.8 Å². The van der Waals surface area contributed by atoms with E-state index in [0.29, 0.717) is 23.0 Å². The Bertz CT molecular complexity index is 1110. The molecule has 1 fully saturated rings. The predicted octanol–water partition coefficient (Wildman–Crippen LogP) is 4.44. The Morgan fingerprint density at radius 3 is 2.70 bits per heavy atom. The molecule has 1 atom stereocenters. The van der Waals surface area contributed by atoms with Gasteiger partial charge in [-0.3, -0.25) is 15.0 Å². The molecule has 27 heavy (non-hydrogen) atoms. The van der Waals surface area contributed by atoms with Gasteiger partial charge >= 0.3 is 0 Å². The maximum atomic E-state index is 12.4. The number of hydrogen-bond acceptors (Lipinski definition) is 4. The van der Waals surface area contributed by atoms with Crippen LogP contribution in [0.5, 0.6) is 0 Å². The first-order valence-corrected chi connectivity index (χ1v) is 9.63. The lowest BCUT2D eigenvalue weighted by Gasteiger charge is -2.22. The first-order chi connectivity index (χ1) is 13.0. The van der Waals surface area contributed by atoms with Crippen molar-refractivity contribution in [1.82, 2.24) is 10.4 Å². The molecule has 0 radical (unpaired) electrons. The number of nitrogens with one attached hydrogen (secondary N) is 1. The number of aliphatic imine (C=N–C) groups is 1. The van der Waals surface area contributed by atoms with Gasteiger partial charge < -0.3 is 0 Å². The van der Waals surface area contributed by atoms with Crippen LogP contribution in [-0.2, 0) is 4.79 Å². The van der Waals surface area contributed by atoms with E-state index in [9.17, 15) is 9.59 Å². The van der Waals surface area contributed by atoms with Crippen LogP contribution in [0.25, 0.3) is 10.1 Å². The van der Waals surface area contributed by atoms with Gasteiger partial charge in [-0.1, -0.05) is 53.3 Å². The molecular weight excluding hydrogens is 382 g/mol. The quantitative estimate of drug-likeness (QED) is 0.695. The summed E-state index contributed by atoms with van der Waals surface area (Å²) in [7, 11) is 0. The standard InChI is InChI=1S/C20H16ClN3O2S/c1-12(25)24-17(13-6-8-15(21)9-7-13)11-19(23-24)22-16-10-14-4-2-3-5-18(14)27-20(16)26/h2-10,17H,11H2,1H3,(H,22,23). The molecule has 1 aliphatic rings. The molecule has 1 amide bonds. The van der Waals surface area contributed by atoms with Gasteiger partial charge in [-0.15, -0.1) is 0 Å².